The molecule has 0 radical (unpaired) electrons. The predicted molar refractivity (Wildman–Crippen MR) is 66.8 cm³/mol. The Hall–Kier alpha value is -1.91. The van der Waals surface area contributed by atoms with E-state index in [1.165, 1.54) is 6.07 Å². The van der Waals surface area contributed by atoms with Crippen LogP contribution in [0.15, 0.2) is 29.3 Å². The molecular weight excluding hydrogens is 232 g/mol. The fourth-order valence-electron chi connectivity index (χ4n) is 2.72. The number of aliphatic imine (C=N–C) groups is 1. The van der Waals surface area contributed by atoms with Gasteiger partial charge in [-0.1, -0.05) is 25.0 Å². The Morgan fingerprint density at radius 3 is 2.72 bits per heavy atom. The molecule has 1 aliphatic heterocycles. The van der Waals surface area contributed by atoms with E-state index < -0.39 is 0 Å². The van der Waals surface area contributed by atoms with Crippen molar-refractivity contribution in [3.05, 3.63) is 39.9 Å². The van der Waals surface area contributed by atoms with Gasteiger partial charge >= 0.3 is 0 Å². The highest BCUT2D eigenvalue weighted by molar-refractivity contribution is 5.99. The Bertz CT molecular complexity index is 519. The molecule has 1 heterocycles. The van der Waals surface area contributed by atoms with Gasteiger partial charge in [-0.3, -0.25) is 10.1 Å². The van der Waals surface area contributed by atoms with Crippen LogP contribution >= 0.6 is 0 Å². The van der Waals surface area contributed by atoms with E-state index in [-0.39, 0.29) is 16.1 Å². The molecule has 0 atom stereocenters. The molecule has 0 aromatic heterocycles. The van der Waals surface area contributed by atoms with Crippen LogP contribution in [0, 0.1) is 10.1 Å². The van der Waals surface area contributed by atoms with Crippen LogP contribution in [0.3, 0.4) is 0 Å². The average Bonchev–Trinajstić information content (AvgIpc) is 3.00. The zero-order valence-electron chi connectivity index (χ0n) is 9.96. The number of rotatable bonds is 2. The van der Waals surface area contributed by atoms with Gasteiger partial charge in [0.15, 0.2) is 0 Å². The molecule has 3 rings (SSSR count). The van der Waals surface area contributed by atoms with Gasteiger partial charge in [0.05, 0.1) is 10.5 Å². The summed E-state index contributed by atoms with van der Waals surface area (Å²) in [5, 5.41) is 11.0. The van der Waals surface area contributed by atoms with Crippen molar-refractivity contribution in [2.75, 3.05) is 6.61 Å². The standard InChI is InChI=1S/C13H14N2O3/c16-15(17)11-6-2-1-5-10(11)12-14-13(9-18-12)7-3-4-8-13/h1-2,5-6H,3-4,7-9H2. The van der Waals surface area contributed by atoms with Gasteiger partial charge in [-0.25, -0.2) is 4.99 Å². The van der Waals surface area contributed by atoms with Gasteiger partial charge in [0, 0.05) is 6.07 Å². The lowest BCUT2D eigenvalue weighted by molar-refractivity contribution is -0.385. The van der Waals surface area contributed by atoms with Crippen LogP contribution in [0.2, 0.25) is 0 Å². The molecule has 1 aromatic rings. The number of nitrogens with zero attached hydrogens (tertiary/aromatic N) is 2. The van der Waals surface area contributed by atoms with E-state index in [0.29, 0.717) is 18.1 Å². The minimum atomic E-state index is -0.388. The summed E-state index contributed by atoms with van der Waals surface area (Å²) in [6.07, 6.45) is 4.38. The molecule has 0 bridgehead atoms. The van der Waals surface area contributed by atoms with Crippen LogP contribution in [0.5, 0.6) is 0 Å². The quantitative estimate of drug-likeness (QED) is 0.595. The number of nitro groups is 1. The van der Waals surface area contributed by atoms with Crippen LogP contribution in [0.25, 0.3) is 0 Å². The highest BCUT2D eigenvalue weighted by Crippen LogP contribution is 2.38. The lowest BCUT2D eigenvalue weighted by atomic mass is 10.0. The highest BCUT2D eigenvalue weighted by atomic mass is 16.6. The first-order valence-corrected chi connectivity index (χ1v) is 6.17. The lowest BCUT2D eigenvalue weighted by Gasteiger charge is -2.14. The van der Waals surface area contributed by atoms with Crippen molar-refractivity contribution in [3.8, 4) is 0 Å². The van der Waals surface area contributed by atoms with Crippen LogP contribution in [-0.4, -0.2) is 23.0 Å². The average molecular weight is 246 g/mol. The molecule has 2 aliphatic rings. The van der Waals surface area contributed by atoms with Crippen LogP contribution in [0.4, 0.5) is 5.69 Å². The highest BCUT2D eigenvalue weighted by Gasteiger charge is 2.40. The van der Waals surface area contributed by atoms with Gasteiger partial charge in [0.1, 0.15) is 12.2 Å². The molecule has 0 N–H and O–H groups in total. The number of nitro benzene ring substituents is 1. The SMILES string of the molecule is O=[N+]([O-])c1ccccc1C1=NC2(CCCC2)CO1. The number of hydrogen-bond acceptors (Lipinski definition) is 4. The molecule has 1 saturated carbocycles. The number of hydrogen-bond donors (Lipinski definition) is 0. The zero-order chi connectivity index (χ0) is 12.6. The summed E-state index contributed by atoms with van der Waals surface area (Å²) in [6, 6.07) is 6.61. The first-order chi connectivity index (χ1) is 8.70. The second-order valence-electron chi connectivity index (χ2n) is 4.91. The van der Waals surface area contributed by atoms with Crippen LogP contribution in [0.1, 0.15) is 31.2 Å². The van der Waals surface area contributed by atoms with Crippen LogP contribution in [-0.2, 0) is 4.74 Å². The van der Waals surface area contributed by atoms with Crippen molar-refractivity contribution < 1.29 is 9.66 Å². The van der Waals surface area contributed by atoms with E-state index >= 15 is 0 Å². The van der Waals surface area contributed by atoms with Crippen molar-refractivity contribution >= 4 is 11.6 Å². The lowest BCUT2D eigenvalue weighted by Crippen LogP contribution is -2.22. The van der Waals surface area contributed by atoms with Crippen molar-refractivity contribution in [1.82, 2.24) is 0 Å². The molecule has 1 spiro atoms. The molecule has 1 fully saturated rings. The van der Waals surface area contributed by atoms with Crippen molar-refractivity contribution in [2.45, 2.75) is 31.2 Å². The zero-order valence-corrected chi connectivity index (χ0v) is 9.96. The second-order valence-corrected chi connectivity index (χ2v) is 4.91. The van der Waals surface area contributed by atoms with Gasteiger partial charge < -0.3 is 4.74 Å². The third-order valence-electron chi connectivity index (χ3n) is 3.68. The van der Waals surface area contributed by atoms with Gasteiger partial charge in [-0.05, 0) is 18.9 Å². The summed E-state index contributed by atoms with van der Waals surface area (Å²) >= 11 is 0. The Morgan fingerprint density at radius 1 is 1.28 bits per heavy atom. The van der Waals surface area contributed by atoms with E-state index in [1.807, 2.05) is 0 Å². The fraction of sp³-hybridized carbons (Fsp3) is 0.462. The Labute approximate surface area is 105 Å². The molecule has 0 unspecified atom stereocenters. The summed E-state index contributed by atoms with van der Waals surface area (Å²) in [4.78, 5) is 15.2. The first-order valence-electron chi connectivity index (χ1n) is 6.17. The van der Waals surface area contributed by atoms with Gasteiger partial charge in [-0.2, -0.15) is 0 Å². The Kier molecular flexibility index (Phi) is 2.54. The molecule has 5 nitrogen and oxygen atoms in total. The normalized spacial score (nSPS) is 20.8. The molecular formula is C13H14N2O3. The molecule has 1 aliphatic carbocycles. The second kappa shape index (κ2) is 4.08. The topological polar surface area (TPSA) is 64.7 Å². The Morgan fingerprint density at radius 2 is 2.00 bits per heavy atom. The maximum atomic E-state index is 11.0. The van der Waals surface area contributed by atoms with Crippen LogP contribution < -0.4 is 0 Å². The Balaban J connectivity index is 1.99. The van der Waals surface area contributed by atoms with E-state index in [4.69, 9.17) is 4.74 Å². The molecule has 18 heavy (non-hydrogen) atoms. The van der Waals surface area contributed by atoms with Gasteiger partial charge in [0.2, 0.25) is 5.90 Å². The summed E-state index contributed by atoms with van der Waals surface area (Å²) < 4.78 is 5.61. The van der Waals surface area contributed by atoms with Crippen molar-refractivity contribution in [1.29, 1.82) is 0 Å². The molecule has 0 amide bonds. The largest absolute Gasteiger partial charge is 0.475 e. The third kappa shape index (κ3) is 1.75. The summed E-state index contributed by atoms with van der Waals surface area (Å²) in [5.41, 5.74) is 0.441. The van der Waals surface area contributed by atoms with Gasteiger partial charge in [-0.15, -0.1) is 0 Å². The number of benzene rings is 1. The molecule has 94 valence electrons. The van der Waals surface area contributed by atoms with Gasteiger partial charge in [0.25, 0.3) is 5.69 Å². The minimum Gasteiger partial charge on any atom is -0.475 e. The predicted octanol–water partition coefficient (Wildman–Crippen LogP) is 2.68. The third-order valence-corrected chi connectivity index (χ3v) is 3.68. The maximum absolute atomic E-state index is 11.0. The summed E-state index contributed by atoms with van der Waals surface area (Å²) in [5.74, 6) is 0.434. The molecule has 0 saturated heterocycles. The van der Waals surface area contributed by atoms with E-state index in [2.05, 4.69) is 4.99 Å². The summed E-state index contributed by atoms with van der Waals surface area (Å²) in [7, 11) is 0. The monoisotopic (exact) mass is 246 g/mol. The smallest absolute Gasteiger partial charge is 0.282 e. The molecule has 1 aromatic carbocycles. The summed E-state index contributed by atoms with van der Waals surface area (Å²) in [6.45, 7) is 0.564. The van der Waals surface area contributed by atoms with Crippen molar-refractivity contribution in [3.63, 3.8) is 0 Å². The first kappa shape index (κ1) is 11.2. The minimum absolute atomic E-state index is 0.0614. The van der Waals surface area contributed by atoms with E-state index in [1.54, 1.807) is 18.2 Å². The van der Waals surface area contributed by atoms with E-state index in [0.717, 1.165) is 25.7 Å². The number of ether oxygens (including phenoxy) is 1. The van der Waals surface area contributed by atoms with Crippen molar-refractivity contribution in [2.24, 2.45) is 4.99 Å². The fourth-order valence-corrected chi connectivity index (χ4v) is 2.72. The van der Waals surface area contributed by atoms with E-state index in [9.17, 15) is 10.1 Å². The maximum Gasteiger partial charge on any atom is 0.282 e. The molecule has 5 heteroatoms. The number of para-hydroxylation sites is 1.